The number of allylic oxidation sites excluding steroid dienone is 3. The van der Waals surface area contributed by atoms with Crippen LogP contribution < -0.4 is 20.9 Å². The predicted molar refractivity (Wildman–Crippen MR) is 164 cm³/mol. The Bertz CT molecular complexity index is 1400. The molecule has 0 amide bonds. The number of ether oxygens (including phenoxy) is 1. The minimum Gasteiger partial charge on any atom is -0.374 e. The topological polar surface area (TPSA) is 103 Å². The summed E-state index contributed by atoms with van der Waals surface area (Å²) in [6.45, 7) is 15.5. The number of fused-ring (bicyclic) bond motifs is 3. The van der Waals surface area contributed by atoms with E-state index in [1.54, 1.807) is 18.6 Å². The molecule has 4 atom stereocenters. The number of hydrogen-bond acceptors (Lipinski definition) is 9. The maximum absolute atomic E-state index is 12.4. The molecule has 3 saturated heterocycles. The molecule has 0 bridgehead atoms. The van der Waals surface area contributed by atoms with Gasteiger partial charge in [-0.3, -0.25) is 0 Å². The second-order valence-electron chi connectivity index (χ2n) is 12.2. The van der Waals surface area contributed by atoms with Crippen molar-refractivity contribution in [2.75, 3.05) is 37.1 Å². The molecule has 1 aromatic rings. The van der Waals surface area contributed by atoms with Crippen LogP contribution in [0, 0.1) is 11.3 Å². The lowest BCUT2D eigenvalue weighted by molar-refractivity contribution is -0.100. The number of anilines is 1. The predicted octanol–water partition coefficient (Wildman–Crippen LogP) is 4.22. The van der Waals surface area contributed by atoms with Gasteiger partial charge in [0, 0.05) is 51.7 Å². The first-order chi connectivity index (χ1) is 18.9. The fourth-order valence-corrected chi connectivity index (χ4v) is 6.58. The van der Waals surface area contributed by atoms with Gasteiger partial charge in [-0.1, -0.05) is 31.7 Å². The second-order valence-corrected chi connectivity index (χ2v) is 14.8. The minimum atomic E-state index is -2.35. The summed E-state index contributed by atoms with van der Waals surface area (Å²) in [6, 6.07) is 5.76. The van der Waals surface area contributed by atoms with Crippen molar-refractivity contribution in [3.8, 4) is 0 Å². The molecule has 4 aliphatic heterocycles. The Balaban J connectivity index is 1.45. The van der Waals surface area contributed by atoms with E-state index in [4.69, 9.17) is 14.7 Å². The number of aromatic nitrogens is 1. The SMILES string of the molecule is C=C(/C=C\C(=C/C)[C@H]1CCNC1)NC1N=C2C(=CN1)[C@@]1(C)COC(C)(C)C[C@H]1N2c1cccc(N=S(C)(C)=O)n1. The minimum absolute atomic E-state index is 0.0810. The van der Waals surface area contributed by atoms with Crippen LogP contribution in [0.2, 0.25) is 0 Å². The van der Waals surface area contributed by atoms with Gasteiger partial charge in [0.05, 0.1) is 18.2 Å². The molecular weight excluding hydrogens is 522 g/mol. The van der Waals surface area contributed by atoms with Crippen molar-refractivity contribution in [2.24, 2.45) is 20.7 Å². The lowest BCUT2D eigenvalue weighted by atomic mass is 9.73. The van der Waals surface area contributed by atoms with E-state index in [1.807, 2.05) is 18.2 Å². The van der Waals surface area contributed by atoms with Crippen molar-refractivity contribution in [3.05, 3.63) is 66.0 Å². The first-order valence-corrected chi connectivity index (χ1v) is 16.3. The van der Waals surface area contributed by atoms with Crippen LogP contribution in [0.3, 0.4) is 0 Å². The van der Waals surface area contributed by atoms with Crippen LogP contribution in [-0.4, -0.2) is 65.2 Å². The first kappa shape index (κ1) is 28.6. The summed E-state index contributed by atoms with van der Waals surface area (Å²) in [7, 11) is -2.35. The van der Waals surface area contributed by atoms with Gasteiger partial charge in [0.15, 0.2) is 12.1 Å². The quantitative estimate of drug-likeness (QED) is 0.426. The van der Waals surface area contributed by atoms with Gasteiger partial charge in [0.1, 0.15) is 11.7 Å². The van der Waals surface area contributed by atoms with E-state index >= 15 is 0 Å². The van der Waals surface area contributed by atoms with Gasteiger partial charge in [0.25, 0.3) is 0 Å². The Hall–Kier alpha value is -2.95. The molecule has 0 aromatic carbocycles. The number of rotatable bonds is 7. The first-order valence-electron chi connectivity index (χ1n) is 14.0. The van der Waals surface area contributed by atoms with Crippen molar-refractivity contribution < 1.29 is 8.95 Å². The highest BCUT2D eigenvalue weighted by atomic mass is 32.2. The molecule has 5 heterocycles. The fourth-order valence-electron chi connectivity index (χ4n) is 6.03. The van der Waals surface area contributed by atoms with E-state index in [-0.39, 0.29) is 17.1 Å². The summed E-state index contributed by atoms with van der Waals surface area (Å²) >= 11 is 0. The normalized spacial score (nSPS) is 29.8. The molecule has 0 saturated carbocycles. The molecule has 40 heavy (non-hydrogen) atoms. The van der Waals surface area contributed by atoms with Crippen LogP contribution >= 0.6 is 0 Å². The zero-order chi connectivity index (χ0) is 28.7. The summed E-state index contributed by atoms with van der Waals surface area (Å²) in [6.07, 6.45) is 13.2. The Labute approximate surface area is 239 Å². The van der Waals surface area contributed by atoms with Crippen LogP contribution in [0.15, 0.2) is 75.4 Å². The van der Waals surface area contributed by atoms with Crippen LogP contribution in [-0.2, 0) is 14.5 Å². The lowest BCUT2D eigenvalue weighted by Crippen LogP contribution is -2.52. The molecule has 10 heteroatoms. The van der Waals surface area contributed by atoms with Crippen LogP contribution in [0.1, 0.15) is 40.5 Å². The number of amidine groups is 1. The summed E-state index contributed by atoms with van der Waals surface area (Å²) in [4.78, 5) is 12.2. The van der Waals surface area contributed by atoms with Crippen molar-refractivity contribution >= 4 is 27.2 Å². The molecule has 4 aliphatic rings. The maximum Gasteiger partial charge on any atom is 0.196 e. The molecule has 1 unspecified atom stereocenters. The summed E-state index contributed by atoms with van der Waals surface area (Å²) < 4.78 is 23.1. The third-order valence-electron chi connectivity index (χ3n) is 8.16. The van der Waals surface area contributed by atoms with Crippen molar-refractivity contribution in [2.45, 2.75) is 58.5 Å². The van der Waals surface area contributed by atoms with E-state index in [0.29, 0.717) is 18.3 Å². The van der Waals surface area contributed by atoms with E-state index < -0.39 is 16.0 Å². The van der Waals surface area contributed by atoms with E-state index in [2.05, 4.69) is 77.8 Å². The highest BCUT2D eigenvalue weighted by molar-refractivity contribution is 7.92. The van der Waals surface area contributed by atoms with Gasteiger partial charge in [-0.15, -0.1) is 0 Å². The van der Waals surface area contributed by atoms with E-state index in [1.165, 1.54) is 5.57 Å². The number of hydrogen-bond donors (Lipinski definition) is 3. The van der Waals surface area contributed by atoms with E-state index in [9.17, 15) is 4.21 Å². The molecule has 3 fully saturated rings. The maximum atomic E-state index is 12.4. The second kappa shape index (κ2) is 10.8. The Morgan fingerprint density at radius 1 is 1.30 bits per heavy atom. The molecule has 9 nitrogen and oxygen atoms in total. The standard InChI is InChI=1S/C30H43N7O2S/c1-8-21(22-14-15-31-17-22)13-12-20(2)33-28-32-18-23-27(35-28)37(24-16-29(3,4)39-19-30(23,24)5)26-11-9-10-25(34-26)36-40(6,7)38/h8-13,18,22,24,28,31-33H,2,14-17,19H2,1,3-7H3/b13-12-,21-8+/t22-,24+,28?,30+/m0/s1. The van der Waals surface area contributed by atoms with Gasteiger partial charge in [0.2, 0.25) is 0 Å². The Kier molecular flexibility index (Phi) is 7.71. The third-order valence-corrected chi connectivity index (χ3v) is 8.79. The molecule has 1 aromatic heterocycles. The summed E-state index contributed by atoms with van der Waals surface area (Å²) in [5.41, 5.74) is 2.62. The number of aliphatic imine (C=N–C) groups is 1. The van der Waals surface area contributed by atoms with Gasteiger partial charge in [-0.2, -0.15) is 4.36 Å². The molecule has 0 aliphatic carbocycles. The fraction of sp³-hybridized carbons (Fsp3) is 0.533. The van der Waals surface area contributed by atoms with Gasteiger partial charge < -0.3 is 25.6 Å². The van der Waals surface area contributed by atoms with Gasteiger partial charge in [-0.25, -0.2) is 14.2 Å². The number of nitrogens with one attached hydrogen (secondary N) is 3. The largest absolute Gasteiger partial charge is 0.374 e. The van der Waals surface area contributed by atoms with Crippen LogP contribution in [0.5, 0.6) is 0 Å². The zero-order valence-corrected chi connectivity index (χ0v) is 25.3. The molecular formula is C30H43N7O2S. The van der Waals surface area contributed by atoms with E-state index in [0.717, 1.165) is 48.9 Å². The molecule has 5 rings (SSSR count). The number of pyridine rings is 1. The zero-order valence-electron chi connectivity index (χ0n) is 24.5. The van der Waals surface area contributed by atoms with Crippen molar-refractivity contribution in [1.29, 1.82) is 0 Å². The Morgan fingerprint density at radius 3 is 2.80 bits per heavy atom. The summed E-state index contributed by atoms with van der Waals surface area (Å²) in [5.74, 6) is 2.59. The molecule has 0 radical (unpaired) electrons. The molecule has 0 spiro atoms. The van der Waals surface area contributed by atoms with Crippen molar-refractivity contribution in [3.63, 3.8) is 0 Å². The average Bonchev–Trinajstić information content (AvgIpc) is 3.48. The summed E-state index contributed by atoms with van der Waals surface area (Å²) in [5, 5.41) is 10.3. The highest BCUT2D eigenvalue weighted by Crippen LogP contribution is 2.51. The van der Waals surface area contributed by atoms with Crippen LogP contribution in [0.4, 0.5) is 11.6 Å². The Morgan fingerprint density at radius 2 is 2.10 bits per heavy atom. The smallest absolute Gasteiger partial charge is 0.196 e. The molecule has 3 N–H and O–H groups in total. The monoisotopic (exact) mass is 565 g/mol. The van der Waals surface area contributed by atoms with Crippen LogP contribution in [0.25, 0.3) is 0 Å². The third kappa shape index (κ3) is 5.89. The van der Waals surface area contributed by atoms with Gasteiger partial charge in [-0.05, 0) is 69.9 Å². The van der Waals surface area contributed by atoms with Crippen molar-refractivity contribution in [1.82, 2.24) is 20.9 Å². The highest BCUT2D eigenvalue weighted by Gasteiger charge is 2.57. The van der Waals surface area contributed by atoms with Gasteiger partial charge >= 0.3 is 0 Å². The number of nitrogens with zero attached hydrogens (tertiary/aromatic N) is 4. The lowest BCUT2D eigenvalue weighted by Gasteiger charge is -2.45. The average molecular weight is 566 g/mol. The molecule has 216 valence electrons.